The minimum absolute atomic E-state index is 0.118. The number of hydrogen-bond acceptors (Lipinski definition) is 3. The molecule has 1 atom stereocenters. The van der Waals surface area contributed by atoms with Crippen LogP contribution in [0.1, 0.15) is 20.8 Å². The quantitative estimate of drug-likeness (QED) is 0.840. The zero-order chi connectivity index (χ0) is 14.4. The fraction of sp³-hybridized carbons (Fsp3) is 0.500. The second kappa shape index (κ2) is 4.90. The summed E-state index contributed by atoms with van der Waals surface area (Å²) < 4.78 is 32.1. The van der Waals surface area contributed by atoms with Crippen LogP contribution in [-0.4, -0.2) is 31.1 Å². The van der Waals surface area contributed by atoms with Gasteiger partial charge in [-0.2, -0.15) is 4.31 Å². The summed E-state index contributed by atoms with van der Waals surface area (Å²) in [6.45, 7) is 5.72. The lowest BCUT2D eigenvalue weighted by Gasteiger charge is -2.30. The van der Waals surface area contributed by atoms with Gasteiger partial charge in [-0.25, -0.2) is 8.42 Å². The van der Waals surface area contributed by atoms with Gasteiger partial charge in [-0.05, 0) is 39.0 Å². The highest BCUT2D eigenvalue weighted by Crippen LogP contribution is 2.35. The van der Waals surface area contributed by atoms with E-state index in [0.29, 0.717) is 11.6 Å². The molecule has 0 N–H and O–H groups in total. The molecule has 0 aliphatic carbocycles. The smallest absolute Gasteiger partial charge is 0.245 e. The van der Waals surface area contributed by atoms with Crippen LogP contribution in [0.4, 0.5) is 0 Å². The predicted molar refractivity (Wildman–Crippen MR) is 75.0 cm³/mol. The fourth-order valence-corrected chi connectivity index (χ4v) is 4.47. The SMILES string of the molecule is CC1OCC(C)(C)N1S(=O)(=O)c1ccc(Cl)c(Cl)c1. The monoisotopic (exact) mass is 323 g/mol. The Hall–Kier alpha value is -0.330. The van der Waals surface area contributed by atoms with Crippen molar-refractivity contribution < 1.29 is 13.2 Å². The minimum Gasteiger partial charge on any atom is -0.360 e. The molecule has 0 radical (unpaired) electrons. The van der Waals surface area contributed by atoms with E-state index in [1.165, 1.54) is 22.5 Å². The number of benzene rings is 1. The number of sulfonamides is 1. The third-order valence-corrected chi connectivity index (χ3v) is 5.95. The highest BCUT2D eigenvalue weighted by atomic mass is 35.5. The summed E-state index contributed by atoms with van der Waals surface area (Å²) >= 11 is 11.7. The molecule has 106 valence electrons. The molecule has 0 bridgehead atoms. The first-order chi connectivity index (χ1) is 8.66. The molecule has 19 heavy (non-hydrogen) atoms. The van der Waals surface area contributed by atoms with Crippen LogP contribution in [0.2, 0.25) is 10.0 Å². The van der Waals surface area contributed by atoms with Gasteiger partial charge in [0.05, 0.1) is 27.1 Å². The lowest BCUT2D eigenvalue weighted by molar-refractivity contribution is 0.0843. The third-order valence-electron chi connectivity index (χ3n) is 3.05. The molecule has 7 heteroatoms. The number of hydrogen-bond donors (Lipinski definition) is 0. The standard InChI is InChI=1S/C12H15Cl2NO3S/c1-8-15(12(2,3)7-18-8)19(16,17)9-4-5-10(13)11(14)6-9/h4-6,8H,7H2,1-3H3. The average Bonchev–Trinajstić information content (AvgIpc) is 2.57. The molecule has 1 heterocycles. The van der Waals surface area contributed by atoms with Crippen molar-refractivity contribution in [3.05, 3.63) is 28.2 Å². The Morgan fingerprint density at radius 3 is 2.42 bits per heavy atom. The zero-order valence-corrected chi connectivity index (χ0v) is 13.2. The second-order valence-electron chi connectivity index (χ2n) is 5.10. The topological polar surface area (TPSA) is 46.6 Å². The molecule has 0 spiro atoms. The molecule has 4 nitrogen and oxygen atoms in total. The summed E-state index contributed by atoms with van der Waals surface area (Å²) in [7, 11) is -3.67. The fourth-order valence-electron chi connectivity index (χ4n) is 2.22. The lowest BCUT2D eigenvalue weighted by Crippen LogP contribution is -2.47. The number of rotatable bonds is 2. The number of ether oxygens (including phenoxy) is 1. The van der Waals surface area contributed by atoms with Gasteiger partial charge in [-0.15, -0.1) is 0 Å². The number of halogens is 2. The van der Waals surface area contributed by atoms with Crippen LogP contribution < -0.4 is 0 Å². The van der Waals surface area contributed by atoms with Gasteiger partial charge in [0.25, 0.3) is 0 Å². The predicted octanol–water partition coefficient (Wildman–Crippen LogP) is 3.14. The molecule has 1 fully saturated rings. The first-order valence-corrected chi connectivity index (χ1v) is 7.97. The summed E-state index contributed by atoms with van der Waals surface area (Å²) in [5.74, 6) is 0. The van der Waals surface area contributed by atoms with Gasteiger partial charge in [-0.3, -0.25) is 0 Å². The van der Waals surface area contributed by atoms with E-state index in [1.54, 1.807) is 6.92 Å². The normalized spacial score (nSPS) is 23.7. The zero-order valence-electron chi connectivity index (χ0n) is 10.9. The molecule has 1 saturated heterocycles. The van der Waals surface area contributed by atoms with E-state index in [0.717, 1.165) is 0 Å². The van der Waals surface area contributed by atoms with Crippen molar-refractivity contribution in [3.8, 4) is 0 Å². The van der Waals surface area contributed by atoms with E-state index in [4.69, 9.17) is 27.9 Å². The lowest BCUT2D eigenvalue weighted by atomic mass is 10.1. The van der Waals surface area contributed by atoms with E-state index < -0.39 is 21.8 Å². The van der Waals surface area contributed by atoms with Crippen LogP contribution in [0.5, 0.6) is 0 Å². The van der Waals surface area contributed by atoms with Gasteiger partial charge in [0.1, 0.15) is 6.23 Å². The van der Waals surface area contributed by atoms with Crippen LogP contribution in [0, 0.1) is 0 Å². The molecule has 1 aliphatic heterocycles. The molecular formula is C12H15Cl2NO3S. The molecule has 0 saturated carbocycles. The molecule has 1 aromatic carbocycles. The first-order valence-electron chi connectivity index (χ1n) is 5.77. The molecule has 0 amide bonds. The highest BCUT2D eigenvalue weighted by Gasteiger charge is 2.46. The van der Waals surface area contributed by atoms with Crippen molar-refractivity contribution in [2.45, 2.75) is 37.4 Å². The van der Waals surface area contributed by atoms with Gasteiger partial charge >= 0.3 is 0 Å². The van der Waals surface area contributed by atoms with Gasteiger partial charge in [0.15, 0.2) is 0 Å². The van der Waals surface area contributed by atoms with Crippen molar-refractivity contribution >= 4 is 33.2 Å². The first kappa shape index (κ1) is 15.1. The van der Waals surface area contributed by atoms with E-state index in [2.05, 4.69) is 0 Å². The Bertz CT molecular complexity index is 601. The van der Waals surface area contributed by atoms with Crippen molar-refractivity contribution in [1.29, 1.82) is 0 Å². The van der Waals surface area contributed by atoms with Gasteiger partial charge in [0, 0.05) is 0 Å². The Labute approximate surface area is 123 Å². The van der Waals surface area contributed by atoms with Crippen molar-refractivity contribution in [1.82, 2.24) is 4.31 Å². The molecule has 1 unspecified atom stereocenters. The maximum absolute atomic E-state index is 12.7. The number of nitrogens with zero attached hydrogens (tertiary/aromatic N) is 1. The Morgan fingerprint density at radius 1 is 1.32 bits per heavy atom. The molecule has 2 rings (SSSR count). The van der Waals surface area contributed by atoms with Crippen LogP contribution >= 0.6 is 23.2 Å². The van der Waals surface area contributed by atoms with Crippen LogP contribution in [0.25, 0.3) is 0 Å². The van der Waals surface area contributed by atoms with E-state index in [9.17, 15) is 8.42 Å². The summed E-state index contributed by atoms with van der Waals surface area (Å²) in [6, 6.07) is 4.29. The summed E-state index contributed by atoms with van der Waals surface area (Å²) in [6.07, 6.45) is -0.505. The van der Waals surface area contributed by atoms with E-state index >= 15 is 0 Å². The summed E-state index contributed by atoms with van der Waals surface area (Å²) in [5, 5.41) is 0.541. The molecule has 1 aromatic rings. The molecule has 1 aliphatic rings. The minimum atomic E-state index is -3.67. The van der Waals surface area contributed by atoms with Crippen LogP contribution in [0.15, 0.2) is 23.1 Å². The maximum Gasteiger partial charge on any atom is 0.245 e. The Kier molecular flexibility index (Phi) is 3.88. The second-order valence-corrected chi connectivity index (χ2v) is 7.73. The van der Waals surface area contributed by atoms with Gasteiger partial charge in [0.2, 0.25) is 10.0 Å². The third kappa shape index (κ3) is 2.62. The highest BCUT2D eigenvalue weighted by molar-refractivity contribution is 7.89. The van der Waals surface area contributed by atoms with Gasteiger partial charge in [-0.1, -0.05) is 23.2 Å². The van der Waals surface area contributed by atoms with E-state index in [1.807, 2.05) is 13.8 Å². The summed E-state index contributed by atoms with van der Waals surface area (Å²) in [5.41, 5.74) is -0.593. The average molecular weight is 324 g/mol. The maximum atomic E-state index is 12.7. The van der Waals surface area contributed by atoms with E-state index in [-0.39, 0.29) is 9.92 Å². The van der Waals surface area contributed by atoms with Crippen molar-refractivity contribution in [3.63, 3.8) is 0 Å². The van der Waals surface area contributed by atoms with Crippen LogP contribution in [0.3, 0.4) is 0 Å². The summed E-state index contributed by atoms with van der Waals surface area (Å²) in [4.78, 5) is 0.118. The Balaban J connectivity index is 2.50. The van der Waals surface area contributed by atoms with Crippen LogP contribution in [-0.2, 0) is 14.8 Å². The Morgan fingerprint density at radius 2 is 1.95 bits per heavy atom. The van der Waals surface area contributed by atoms with Gasteiger partial charge < -0.3 is 4.74 Å². The van der Waals surface area contributed by atoms with Crippen molar-refractivity contribution in [2.24, 2.45) is 0 Å². The molecule has 0 aromatic heterocycles. The largest absolute Gasteiger partial charge is 0.360 e. The van der Waals surface area contributed by atoms with Crippen molar-refractivity contribution in [2.75, 3.05) is 6.61 Å². The molecular weight excluding hydrogens is 309 g/mol.